The first-order chi connectivity index (χ1) is 14.4. The molecular formula is C22H17N5O3. The summed E-state index contributed by atoms with van der Waals surface area (Å²) in [5, 5.41) is 16.9. The maximum atomic E-state index is 12.6. The van der Waals surface area contributed by atoms with Crippen molar-refractivity contribution in [1.29, 1.82) is 5.26 Å². The molecule has 0 aliphatic rings. The van der Waals surface area contributed by atoms with E-state index in [2.05, 4.69) is 20.9 Å². The van der Waals surface area contributed by atoms with Gasteiger partial charge in [-0.25, -0.2) is 0 Å². The van der Waals surface area contributed by atoms with E-state index in [1.54, 1.807) is 48.5 Å². The van der Waals surface area contributed by atoms with E-state index in [1.165, 1.54) is 25.4 Å². The van der Waals surface area contributed by atoms with Gasteiger partial charge in [0.05, 0.1) is 22.8 Å². The van der Waals surface area contributed by atoms with Crippen LogP contribution in [-0.2, 0) is 4.79 Å². The van der Waals surface area contributed by atoms with Crippen LogP contribution in [0.4, 0.5) is 17.1 Å². The standard InChI is InChI=1S/C22H17N5O3/c1-14(28)25-19-3-2-4-20(10-19)27-22(30)17-9-16(12-24-13-17)21(29)26-18-7-5-15(11-23)6-8-18/h2-10,12-13H,1H3,(H,25,28)(H,26,29)(H,27,30). The summed E-state index contributed by atoms with van der Waals surface area (Å²) in [4.78, 5) is 40.2. The van der Waals surface area contributed by atoms with Gasteiger partial charge in [0.2, 0.25) is 5.91 Å². The highest BCUT2D eigenvalue weighted by Crippen LogP contribution is 2.17. The van der Waals surface area contributed by atoms with Crippen molar-refractivity contribution in [2.24, 2.45) is 0 Å². The predicted octanol–water partition coefficient (Wildman–Crippen LogP) is 3.42. The van der Waals surface area contributed by atoms with Crippen molar-refractivity contribution in [3.63, 3.8) is 0 Å². The number of hydrogen-bond donors (Lipinski definition) is 3. The van der Waals surface area contributed by atoms with E-state index in [9.17, 15) is 14.4 Å². The number of aromatic nitrogens is 1. The highest BCUT2D eigenvalue weighted by molar-refractivity contribution is 6.08. The molecule has 0 radical (unpaired) electrons. The number of hydrogen-bond acceptors (Lipinski definition) is 5. The van der Waals surface area contributed by atoms with Gasteiger partial charge in [-0.2, -0.15) is 5.26 Å². The molecule has 3 N–H and O–H groups in total. The topological polar surface area (TPSA) is 124 Å². The molecule has 30 heavy (non-hydrogen) atoms. The summed E-state index contributed by atoms with van der Waals surface area (Å²) in [6.07, 6.45) is 2.71. The second kappa shape index (κ2) is 9.12. The third-order valence-electron chi connectivity index (χ3n) is 3.98. The molecule has 0 spiro atoms. The molecule has 0 bridgehead atoms. The number of carbonyl (C=O) groups excluding carboxylic acids is 3. The number of carbonyl (C=O) groups is 3. The third-order valence-corrected chi connectivity index (χ3v) is 3.98. The molecule has 0 unspecified atom stereocenters. The van der Waals surface area contributed by atoms with Crippen LogP contribution in [0.3, 0.4) is 0 Å². The molecule has 0 aliphatic heterocycles. The molecule has 3 amide bonds. The fourth-order valence-corrected chi connectivity index (χ4v) is 2.60. The highest BCUT2D eigenvalue weighted by Gasteiger charge is 2.12. The van der Waals surface area contributed by atoms with Gasteiger partial charge >= 0.3 is 0 Å². The van der Waals surface area contributed by atoms with Crippen LogP contribution in [0.5, 0.6) is 0 Å². The minimum Gasteiger partial charge on any atom is -0.326 e. The summed E-state index contributed by atoms with van der Waals surface area (Å²) >= 11 is 0. The van der Waals surface area contributed by atoms with E-state index < -0.39 is 11.8 Å². The minimum absolute atomic E-state index is 0.201. The summed E-state index contributed by atoms with van der Waals surface area (Å²) < 4.78 is 0. The second-order valence-corrected chi connectivity index (χ2v) is 6.32. The van der Waals surface area contributed by atoms with Crippen molar-refractivity contribution in [1.82, 2.24) is 4.98 Å². The minimum atomic E-state index is -0.449. The molecule has 0 saturated heterocycles. The zero-order valence-corrected chi connectivity index (χ0v) is 16.0. The molecule has 3 aromatic rings. The van der Waals surface area contributed by atoms with Crippen LogP contribution in [-0.4, -0.2) is 22.7 Å². The van der Waals surface area contributed by atoms with E-state index in [4.69, 9.17) is 5.26 Å². The van der Waals surface area contributed by atoms with Crippen molar-refractivity contribution in [2.75, 3.05) is 16.0 Å². The van der Waals surface area contributed by atoms with E-state index in [1.807, 2.05) is 6.07 Å². The van der Waals surface area contributed by atoms with E-state index in [-0.39, 0.29) is 17.0 Å². The van der Waals surface area contributed by atoms with E-state index in [0.717, 1.165) is 0 Å². The van der Waals surface area contributed by atoms with Crippen LogP contribution < -0.4 is 16.0 Å². The fourth-order valence-electron chi connectivity index (χ4n) is 2.60. The van der Waals surface area contributed by atoms with Gasteiger partial charge in [0.15, 0.2) is 0 Å². The Hall–Kier alpha value is -4.51. The smallest absolute Gasteiger partial charge is 0.257 e. The molecule has 8 heteroatoms. The first kappa shape index (κ1) is 20.2. The molecule has 2 aromatic carbocycles. The van der Waals surface area contributed by atoms with Crippen molar-refractivity contribution in [3.05, 3.63) is 83.7 Å². The zero-order valence-electron chi connectivity index (χ0n) is 16.0. The van der Waals surface area contributed by atoms with Crippen LogP contribution in [0.1, 0.15) is 33.2 Å². The van der Waals surface area contributed by atoms with Gasteiger partial charge in [-0.1, -0.05) is 6.07 Å². The van der Waals surface area contributed by atoms with Crippen molar-refractivity contribution in [2.45, 2.75) is 6.92 Å². The number of rotatable bonds is 5. The molecule has 8 nitrogen and oxygen atoms in total. The molecule has 148 valence electrons. The van der Waals surface area contributed by atoms with Crippen LogP contribution in [0.2, 0.25) is 0 Å². The van der Waals surface area contributed by atoms with E-state index >= 15 is 0 Å². The molecule has 0 fully saturated rings. The number of nitrogens with zero attached hydrogens (tertiary/aromatic N) is 2. The fraction of sp³-hybridized carbons (Fsp3) is 0.0455. The molecule has 0 aliphatic carbocycles. The molecule has 1 heterocycles. The SMILES string of the molecule is CC(=O)Nc1cccc(NC(=O)c2cncc(C(=O)Nc3ccc(C#N)cc3)c2)c1. The monoisotopic (exact) mass is 399 g/mol. The summed E-state index contributed by atoms with van der Waals surface area (Å²) in [5.41, 5.74) is 2.44. The summed E-state index contributed by atoms with van der Waals surface area (Å²) in [6.45, 7) is 1.39. The van der Waals surface area contributed by atoms with Gasteiger partial charge in [0, 0.05) is 36.4 Å². The lowest BCUT2D eigenvalue weighted by Crippen LogP contribution is -2.16. The highest BCUT2D eigenvalue weighted by atomic mass is 16.2. The van der Waals surface area contributed by atoms with Crippen molar-refractivity contribution in [3.8, 4) is 6.07 Å². The number of amides is 3. The average Bonchev–Trinajstić information content (AvgIpc) is 2.74. The van der Waals surface area contributed by atoms with Gasteiger partial charge < -0.3 is 16.0 Å². The summed E-state index contributed by atoms with van der Waals surface area (Å²) in [7, 11) is 0. The van der Waals surface area contributed by atoms with Gasteiger partial charge in [-0.3, -0.25) is 19.4 Å². The Balaban J connectivity index is 1.71. The lowest BCUT2D eigenvalue weighted by Gasteiger charge is -2.09. The number of nitriles is 1. The molecule has 0 saturated carbocycles. The van der Waals surface area contributed by atoms with Crippen LogP contribution in [0.15, 0.2) is 67.0 Å². The first-order valence-corrected chi connectivity index (χ1v) is 8.90. The van der Waals surface area contributed by atoms with E-state index in [0.29, 0.717) is 22.6 Å². The van der Waals surface area contributed by atoms with Crippen LogP contribution in [0.25, 0.3) is 0 Å². The van der Waals surface area contributed by atoms with Gasteiger partial charge in [-0.05, 0) is 48.5 Å². The normalized spacial score (nSPS) is 9.87. The van der Waals surface area contributed by atoms with Gasteiger partial charge in [0.1, 0.15) is 0 Å². The Morgan fingerprint density at radius 1 is 0.800 bits per heavy atom. The average molecular weight is 399 g/mol. The number of benzene rings is 2. The van der Waals surface area contributed by atoms with Crippen LogP contribution in [0, 0.1) is 11.3 Å². The molecule has 1 aromatic heterocycles. The Bertz CT molecular complexity index is 1150. The second-order valence-electron chi connectivity index (χ2n) is 6.32. The Kier molecular flexibility index (Phi) is 6.15. The Morgan fingerprint density at radius 2 is 1.37 bits per heavy atom. The first-order valence-electron chi connectivity index (χ1n) is 8.90. The van der Waals surface area contributed by atoms with Gasteiger partial charge in [-0.15, -0.1) is 0 Å². The maximum Gasteiger partial charge on any atom is 0.257 e. The summed E-state index contributed by atoms with van der Waals surface area (Å²) in [6, 6.07) is 16.5. The number of pyridine rings is 1. The molecular weight excluding hydrogens is 382 g/mol. The lowest BCUT2D eigenvalue weighted by molar-refractivity contribution is -0.114. The third kappa shape index (κ3) is 5.27. The maximum absolute atomic E-state index is 12.6. The summed E-state index contributed by atoms with van der Waals surface area (Å²) in [5.74, 6) is -1.10. The number of nitrogens with one attached hydrogen (secondary N) is 3. The van der Waals surface area contributed by atoms with Crippen LogP contribution >= 0.6 is 0 Å². The quantitative estimate of drug-likeness (QED) is 0.606. The van der Waals surface area contributed by atoms with Crippen molar-refractivity contribution >= 4 is 34.8 Å². The predicted molar refractivity (Wildman–Crippen MR) is 112 cm³/mol. The Labute approximate surface area is 172 Å². The van der Waals surface area contributed by atoms with Crippen molar-refractivity contribution < 1.29 is 14.4 Å². The Morgan fingerprint density at radius 3 is 1.93 bits per heavy atom. The molecule has 3 rings (SSSR count). The molecule has 0 atom stereocenters. The zero-order chi connectivity index (χ0) is 21.5. The number of anilines is 3. The largest absolute Gasteiger partial charge is 0.326 e. The van der Waals surface area contributed by atoms with Gasteiger partial charge in [0.25, 0.3) is 11.8 Å². The lowest BCUT2D eigenvalue weighted by atomic mass is 10.1.